The van der Waals surface area contributed by atoms with Crippen LogP contribution in [0.5, 0.6) is 5.75 Å². The number of fused-ring (bicyclic) bond motifs is 1. The Morgan fingerprint density at radius 1 is 1.15 bits per heavy atom. The van der Waals surface area contributed by atoms with Crippen molar-refractivity contribution < 1.29 is 24.2 Å². The summed E-state index contributed by atoms with van der Waals surface area (Å²) >= 11 is 0. The molecule has 1 heterocycles. The van der Waals surface area contributed by atoms with Gasteiger partial charge in [-0.25, -0.2) is 0 Å². The van der Waals surface area contributed by atoms with E-state index in [1.807, 2.05) is 72.2 Å². The molecule has 0 saturated heterocycles. The lowest BCUT2D eigenvalue weighted by Gasteiger charge is -2.36. The summed E-state index contributed by atoms with van der Waals surface area (Å²) in [6, 6.07) is 5.30. The average molecular weight is 549 g/mol. The van der Waals surface area contributed by atoms with Gasteiger partial charge in [0.05, 0.1) is 30.4 Å². The van der Waals surface area contributed by atoms with Crippen molar-refractivity contribution in [1.29, 1.82) is 0 Å². The molecule has 1 aliphatic heterocycles. The first-order chi connectivity index (χ1) is 18.4. The molecule has 1 N–H and O–H groups in total. The molecule has 2 amide bonds. The standard InChI is InChI=1S/C30H52N4O5/c1-22-19-34(23(2)21-35)30(37)26-18-25(32(6)7)14-15-27(26)39-24(3)12-9-10-17-38-28(22)20-33(8)29(36)13-11-16-31(4)5/h14-15,18,22-24,28,35H,9-13,16-17,19-21H2,1-8H3/t22-,23-,24+,28-/m0/s1. The zero-order valence-corrected chi connectivity index (χ0v) is 25.5. The second-order valence-electron chi connectivity index (χ2n) is 11.6. The number of likely N-dealkylation sites (N-methyl/N-ethyl adjacent to an activating group) is 1. The topological polar surface area (TPSA) is 85.8 Å². The van der Waals surface area contributed by atoms with E-state index in [1.165, 1.54) is 0 Å². The minimum absolute atomic E-state index is 0.0611. The van der Waals surface area contributed by atoms with E-state index < -0.39 is 6.04 Å². The summed E-state index contributed by atoms with van der Waals surface area (Å²) in [6.07, 6.45) is 3.67. The fourth-order valence-electron chi connectivity index (χ4n) is 4.76. The maximum atomic E-state index is 14.1. The number of rotatable bonds is 9. The Labute approximate surface area is 236 Å². The number of carbonyl (C=O) groups is 2. The average Bonchev–Trinajstić information content (AvgIpc) is 2.89. The summed E-state index contributed by atoms with van der Waals surface area (Å²) in [7, 11) is 9.72. The number of hydrogen-bond donors (Lipinski definition) is 1. The highest BCUT2D eigenvalue weighted by molar-refractivity contribution is 5.98. The largest absolute Gasteiger partial charge is 0.490 e. The van der Waals surface area contributed by atoms with Gasteiger partial charge in [-0.1, -0.05) is 6.92 Å². The molecule has 9 nitrogen and oxygen atoms in total. The Morgan fingerprint density at radius 3 is 2.51 bits per heavy atom. The Bertz CT molecular complexity index is 909. The second-order valence-corrected chi connectivity index (χ2v) is 11.6. The predicted molar refractivity (Wildman–Crippen MR) is 157 cm³/mol. The molecule has 0 aromatic heterocycles. The van der Waals surface area contributed by atoms with E-state index in [9.17, 15) is 14.7 Å². The van der Waals surface area contributed by atoms with E-state index in [-0.39, 0.29) is 36.5 Å². The lowest BCUT2D eigenvalue weighted by atomic mass is 10.0. The van der Waals surface area contributed by atoms with Crippen molar-refractivity contribution in [3.8, 4) is 5.75 Å². The molecule has 1 aliphatic rings. The third-order valence-electron chi connectivity index (χ3n) is 7.43. The number of hydrogen-bond acceptors (Lipinski definition) is 7. The number of aliphatic hydroxyl groups is 1. The number of amides is 2. The third kappa shape index (κ3) is 10.3. The van der Waals surface area contributed by atoms with Crippen molar-refractivity contribution >= 4 is 17.5 Å². The van der Waals surface area contributed by atoms with Crippen molar-refractivity contribution in [1.82, 2.24) is 14.7 Å². The number of benzene rings is 1. The van der Waals surface area contributed by atoms with Gasteiger partial charge in [0.2, 0.25) is 5.91 Å². The van der Waals surface area contributed by atoms with E-state index >= 15 is 0 Å². The van der Waals surface area contributed by atoms with Gasteiger partial charge in [-0.2, -0.15) is 0 Å². The highest BCUT2D eigenvalue weighted by atomic mass is 16.5. The van der Waals surface area contributed by atoms with E-state index in [1.54, 1.807) is 9.80 Å². The fourth-order valence-corrected chi connectivity index (χ4v) is 4.76. The molecular weight excluding hydrogens is 496 g/mol. The molecule has 4 atom stereocenters. The summed E-state index contributed by atoms with van der Waals surface area (Å²) in [6.45, 7) is 8.06. The Kier molecular flexibility index (Phi) is 13.5. The minimum atomic E-state index is -0.396. The summed E-state index contributed by atoms with van der Waals surface area (Å²) in [4.78, 5) is 34.4. The van der Waals surface area contributed by atoms with Crippen molar-refractivity contribution in [2.24, 2.45) is 5.92 Å². The summed E-state index contributed by atoms with van der Waals surface area (Å²) in [5, 5.41) is 10.1. The van der Waals surface area contributed by atoms with Crippen LogP contribution >= 0.6 is 0 Å². The molecule has 9 heteroatoms. The van der Waals surface area contributed by atoms with E-state index in [0.29, 0.717) is 37.4 Å². The van der Waals surface area contributed by atoms with Crippen molar-refractivity contribution in [3.63, 3.8) is 0 Å². The molecule has 0 spiro atoms. The van der Waals surface area contributed by atoms with E-state index in [2.05, 4.69) is 11.8 Å². The van der Waals surface area contributed by atoms with Crippen LogP contribution in [0, 0.1) is 5.92 Å². The van der Waals surface area contributed by atoms with Gasteiger partial charge in [-0.15, -0.1) is 0 Å². The predicted octanol–water partition coefficient (Wildman–Crippen LogP) is 3.35. The zero-order valence-electron chi connectivity index (χ0n) is 25.5. The van der Waals surface area contributed by atoms with Crippen LogP contribution in [0.3, 0.4) is 0 Å². The number of aliphatic hydroxyl groups excluding tert-OH is 1. The van der Waals surface area contributed by atoms with Crippen LogP contribution in [0.2, 0.25) is 0 Å². The van der Waals surface area contributed by atoms with Crippen LogP contribution in [0.1, 0.15) is 63.2 Å². The normalized spacial score (nSPS) is 22.1. The number of ether oxygens (including phenoxy) is 2. The van der Waals surface area contributed by atoms with E-state index in [0.717, 1.165) is 37.9 Å². The summed E-state index contributed by atoms with van der Waals surface area (Å²) in [5.74, 6) is 0.412. The van der Waals surface area contributed by atoms with Gasteiger partial charge in [-0.3, -0.25) is 9.59 Å². The first kappa shape index (κ1) is 32.8. The van der Waals surface area contributed by atoms with Crippen LogP contribution in [0.25, 0.3) is 0 Å². The third-order valence-corrected chi connectivity index (χ3v) is 7.43. The second kappa shape index (κ2) is 16.0. The van der Waals surface area contributed by atoms with E-state index in [4.69, 9.17) is 9.47 Å². The van der Waals surface area contributed by atoms with Crippen LogP contribution in [-0.2, 0) is 9.53 Å². The van der Waals surface area contributed by atoms with Gasteiger partial charge in [0.25, 0.3) is 5.91 Å². The van der Waals surface area contributed by atoms with Crippen molar-refractivity contribution in [2.45, 2.75) is 71.1 Å². The SMILES string of the molecule is C[C@@H]1CCCCO[C@@H](CN(C)C(=O)CCCN(C)C)[C@@H](C)CN([C@@H](C)CO)C(=O)c2cc(N(C)C)ccc2O1. The van der Waals surface area contributed by atoms with Gasteiger partial charge >= 0.3 is 0 Å². The molecule has 1 aromatic carbocycles. The number of nitrogens with zero attached hydrogens (tertiary/aromatic N) is 4. The maximum Gasteiger partial charge on any atom is 0.258 e. The van der Waals surface area contributed by atoms with Gasteiger partial charge in [0.1, 0.15) is 5.75 Å². The van der Waals surface area contributed by atoms with Crippen LogP contribution in [0.4, 0.5) is 5.69 Å². The fraction of sp³-hybridized carbons (Fsp3) is 0.733. The molecule has 1 aromatic rings. The molecular formula is C30H52N4O5. The van der Waals surface area contributed by atoms with Gasteiger partial charge < -0.3 is 34.2 Å². The van der Waals surface area contributed by atoms with Crippen LogP contribution in [-0.4, -0.2) is 118 Å². The molecule has 0 saturated carbocycles. The first-order valence-electron chi connectivity index (χ1n) is 14.3. The minimum Gasteiger partial charge on any atom is -0.490 e. The summed E-state index contributed by atoms with van der Waals surface area (Å²) < 4.78 is 12.6. The highest BCUT2D eigenvalue weighted by Crippen LogP contribution is 2.29. The van der Waals surface area contributed by atoms with Crippen molar-refractivity contribution in [2.75, 3.05) is 73.0 Å². The van der Waals surface area contributed by atoms with Crippen LogP contribution < -0.4 is 9.64 Å². The first-order valence-corrected chi connectivity index (χ1v) is 14.3. The molecule has 0 aliphatic carbocycles. The van der Waals surface area contributed by atoms with Crippen LogP contribution in [0.15, 0.2) is 18.2 Å². The Morgan fingerprint density at radius 2 is 1.87 bits per heavy atom. The summed E-state index contributed by atoms with van der Waals surface area (Å²) in [5.41, 5.74) is 1.39. The Hall–Kier alpha value is -2.36. The van der Waals surface area contributed by atoms with Gasteiger partial charge in [0.15, 0.2) is 0 Å². The highest BCUT2D eigenvalue weighted by Gasteiger charge is 2.31. The molecule has 222 valence electrons. The van der Waals surface area contributed by atoms with Gasteiger partial charge in [0, 0.05) is 58.9 Å². The number of anilines is 1. The Balaban J connectivity index is 2.35. The zero-order chi connectivity index (χ0) is 29.1. The lowest BCUT2D eigenvalue weighted by molar-refractivity contribution is -0.132. The smallest absolute Gasteiger partial charge is 0.258 e. The quantitative estimate of drug-likeness (QED) is 0.507. The molecule has 0 unspecified atom stereocenters. The molecule has 39 heavy (non-hydrogen) atoms. The maximum absolute atomic E-state index is 14.1. The van der Waals surface area contributed by atoms with Gasteiger partial charge in [-0.05, 0) is 78.4 Å². The molecule has 0 bridgehead atoms. The molecule has 0 fully saturated rings. The van der Waals surface area contributed by atoms with Crippen molar-refractivity contribution in [3.05, 3.63) is 23.8 Å². The molecule has 0 radical (unpaired) electrons. The monoisotopic (exact) mass is 548 g/mol. The molecule has 2 rings (SSSR count). The lowest BCUT2D eigenvalue weighted by Crippen LogP contribution is -2.48. The number of carbonyl (C=O) groups excluding carboxylic acids is 2.